The summed E-state index contributed by atoms with van der Waals surface area (Å²) in [7, 11) is 0. The van der Waals surface area contributed by atoms with Gasteiger partial charge in [-0.3, -0.25) is 14.6 Å². The number of nitrogens with one attached hydrogen (secondary N) is 2. The second-order valence-corrected chi connectivity index (χ2v) is 5.23. The number of hydrogen-bond acceptors (Lipinski definition) is 3. The van der Waals surface area contributed by atoms with Crippen molar-refractivity contribution in [2.75, 3.05) is 6.54 Å². The van der Waals surface area contributed by atoms with Crippen LogP contribution < -0.4 is 10.6 Å². The fourth-order valence-electron chi connectivity index (χ4n) is 2.04. The number of amides is 2. The lowest BCUT2D eigenvalue weighted by Gasteiger charge is -2.07. The summed E-state index contributed by atoms with van der Waals surface area (Å²) in [6.45, 7) is 3.17. The van der Waals surface area contributed by atoms with Crippen molar-refractivity contribution in [3.8, 4) is 0 Å². The fourth-order valence-corrected chi connectivity index (χ4v) is 2.04. The Kier molecular flexibility index (Phi) is 6.29. The summed E-state index contributed by atoms with van der Waals surface area (Å²) in [6.07, 6.45) is 5.40. The molecule has 0 saturated heterocycles. The minimum Gasteiger partial charge on any atom is -0.352 e. The topological polar surface area (TPSA) is 71.1 Å². The van der Waals surface area contributed by atoms with E-state index < -0.39 is 0 Å². The van der Waals surface area contributed by atoms with Gasteiger partial charge in [0.25, 0.3) is 11.8 Å². The second-order valence-electron chi connectivity index (χ2n) is 5.23. The van der Waals surface area contributed by atoms with Gasteiger partial charge >= 0.3 is 0 Å². The zero-order valence-electron chi connectivity index (χ0n) is 13.2. The number of nitrogens with zero attached hydrogens (tertiary/aromatic N) is 1. The molecule has 2 amide bonds. The molecule has 1 aromatic heterocycles. The maximum atomic E-state index is 12.1. The van der Waals surface area contributed by atoms with Crippen LogP contribution in [0.25, 0.3) is 0 Å². The van der Waals surface area contributed by atoms with Gasteiger partial charge in [-0.15, -0.1) is 0 Å². The highest BCUT2D eigenvalue weighted by Gasteiger charge is 2.08. The van der Waals surface area contributed by atoms with Crippen LogP contribution in [0.2, 0.25) is 0 Å². The van der Waals surface area contributed by atoms with Crippen LogP contribution in [-0.2, 0) is 6.54 Å². The lowest BCUT2D eigenvalue weighted by atomic mass is 10.1. The summed E-state index contributed by atoms with van der Waals surface area (Å²) in [6, 6.07) is 10.4. The van der Waals surface area contributed by atoms with Crippen LogP contribution >= 0.6 is 0 Å². The van der Waals surface area contributed by atoms with E-state index >= 15 is 0 Å². The maximum absolute atomic E-state index is 12.1. The number of unbranched alkanes of at least 4 members (excludes halogenated alkanes) is 1. The molecule has 2 rings (SSSR count). The Morgan fingerprint density at radius 1 is 1.00 bits per heavy atom. The summed E-state index contributed by atoms with van der Waals surface area (Å²) in [4.78, 5) is 28.0. The van der Waals surface area contributed by atoms with Crippen LogP contribution in [0.5, 0.6) is 0 Å². The molecule has 2 N–H and O–H groups in total. The third kappa shape index (κ3) is 5.21. The Morgan fingerprint density at radius 2 is 1.65 bits per heavy atom. The third-order valence-corrected chi connectivity index (χ3v) is 3.40. The molecule has 0 aliphatic carbocycles. The Bertz CT molecular complexity index is 639. The number of aromatic nitrogens is 1. The predicted octanol–water partition coefficient (Wildman–Crippen LogP) is 2.54. The van der Waals surface area contributed by atoms with E-state index in [2.05, 4.69) is 22.5 Å². The van der Waals surface area contributed by atoms with Gasteiger partial charge in [0.1, 0.15) is 0 Å². The molecule has 23 heavy (non-hydrogen) atoms. The predicted molar refractivity (Wildman–Crippen MR) is 89.1 cm³/mol. The number of benzene rings is 1. The van der Waals surface area contributed by atoms with E-state index in [0.29, 0.717) is 24.2 Å². The number of rotatable bonds is 7. The molecule has 0 unspecified atom stereocenters. The van der Waals surface area contributed by atoms with Crippen molar-refractivity contribution in [1.29, 1.82) is 0 Å². The molecule has 0 bridgehead atoms. The Hall–Kier alpha value is -2.69. The molecule has 1 heterocycles. The van der Waals surface area contributed by atoms with Crippen LogP contribution in [0.3, 0.4) is 0 Å². The van der Waals surface area contributed by atoms with Crippen LogP contribution in [0, 0.1) is 0 Å². The largest absolute Gasteiger partial charge is 0.352 e. The van der Waals surface area contributed by atoms with Crippen LogP contribution in [0.15, 0.2) is 48.8 Å². The van der Waals surface area contributed by atoms with Gasteiger partial charge in [-0.25, -0.2) is 0 Å². The summed E-state index contributed by atoms with van der Waals surface area (Å²) < 4.78 is 0. The SMILES string of the molecule is CCCCNC(=O)c1ccc(C(=O)NCc2cccnc2)cc1. The van der Waals surface area contributed by atoms with Crippen molar-refractivity contribution < 1.29 is 9.59 Å². The molecular weight excluding hydrogens is 290 g/mol. The van der Waals surface area contributed by atoms with Crippen molar-refractivity contribution in [3.63, 3.8) is 0 Å². The van der Waals surface area contributed by atoms with Crippen LogP contribution in [-0.4, -0.2) is 23.3 Å². The van der Waals surface area contributed by atoms with E-state index in [-0.39, 0.29) is 11.8 Å². The van der Waals surface area contributed by atoms with Gasteiger partial charge < -0.3 is 10.6 Å². The molecule has 0 spiro atoms. The van der Waals surface area contributed by atoms with Crippen molar-refractivity contribution >= 4 is 11.8 Å². The van der Waals surface area contributed by atoms with E-state index in [1.54, 1.807) is 36.7 Å². The standard InChI is InChI=1S/C18H21N3O2/c1-2-3-11-20-17(22)15-6-8-16(9-7-15)18(23)21-13-14-5-4-10-19-12-14/h4-10,12H,2-3,11,13H2,1H3,(H,20,22)(H,21,23). The highest BCUT2D eigenvalue weighted by Crippen LogP contribution is 2.05. The van der Waals surface area contributed by atoms with Crippen LogP contribution in [0.4, 0.5) is 0 Å². The van der Waals surface area contributed by atoms with Gasteiger partial charge in [0.2, 0.25) is 0 Å². The molecule has 0 aliphatic heterocycles. The highest BCUT2D eigenvalue weighted by molar-refractivity contribution is 5.97. The molecule has 0 aliphatic rings. The zero-order valence-corrected chi connectivity index (χ0v) is 13.2. The Labute approximate surface area is 136 Å². The number of carbonyl (C=O) groups is 2. The Morgan fingerprint density at radius 3 is 2.22 bits per heavy atom. The molecule has 0 fully saturated rings. The molecule has 1 aromatic carbocycles. The molecule has 0 atom stereocenters. The van der Waals surface area contributed by atoms with Gasteiger partial charge in [0.05, 0.1) is 0 Å². The smallest absolute Gasteiger partial charge is 0.251 e. The Balaban J connectivity index is 1.88. The third-order valence-electron chi connectivity index (χ3n) is 3.40. The van der Waals surface area contributed by atoms with E-state index in [0.717, 1.165) is 18.4 Å². The molecule has 0 radical (unpaired) electrons. The molecule has 5 nitrogen and oxygen atoms in total. The summed E-state index contributed by atoms with van der Waals surface area (Å²) in [5.41, 5.74) is 2.02. The van der Waals surface area contributed by atoms with E-state index in [1.165, 1.54) is 0 Å². The highest BCUT2D eigenvalue weighted by atomic mass is 16.2. The van der Waals surface area contributed by atoms with E-state index in [1.807, 2.05) is 12.1 Å². The number of hydrogen-bond donors (Lipinski definition) is 2. The first-order chi connectivity index (χ1) is 11.2. The van der Waals surface area contributed by atoms with Gasteiger partial charge in [-0.05, 0) is 42.3 Å². The number of carbonyl (C=O) groups excluding carboxylic acids is 2. The van der Waals surface area contributed by atoms with Gasteiger partial charge in [-0.2, -0.15) is 0 Å². The first-order valence-electron chi connectivity index (χ1n) is 7.76. The molecule has 5 heteroatoms. The summed E-state index contributed by atoms with van der Waals surface area (Å²) >= 11 is 0. The minimum atomic E-state index is -0.174. The average Bonchev–Trinajstić information content (AvgIpc) is 2.61. The molecule has 0 saturated carbocycles. The van der Waals surface area contributed by atoms with Crippen molar-refractivity contribution in [2.24, 2.45) is 0 Å². The normalized spacial score (nSPS) is 10.1. The average molecular weight is 311 g/mol. The van der Waals surface area contributed by atoms with Crippen molar-refractivity contribution in [2.45, 2.75) is 26.3 Å². The van der Waals surface area contributed by atoms with Gasteiger partial charge in [0, 0.05) is 36.6 Å². The lowest BCUT2D eigenvalue weighted by Crippen LogP contribution is -2.25. The van der Waals surface area contributed by atoms with Crippen LogP contribution in [0.1, 0.15) is 46.0 Å². The van der Waals surface area contributed by atoms with Gasteiger partial charge in [-0.1, -0.05) is 19.4 Å². The summed E-state index contributed by atoms with van der Waals surface area (Å²) in [5.74, 6) is -0.285. The quantitative estimate of drug-likeness (QED) is 0.772. The second kappa shape index (κ2) is 8.68. The maximum Gasteiger partial charge on any atom is 0.251 e. The number of pyridine rings is 1. The summed E-state index contributed by atoms with van der Waals surface area (Å²) in [5, 5.41) is 5.68. The molecule has 2 aromatic rings. The fraction of sp³-hybridized carbons (Fsp3) is 0.278. The first-order valence-corrected chi connectivity index (χ1v) is 7.76. The van der Waals surface area contributed by atoms with E-state index in [9.17, 15) is 9.59 Å². The minimum absolute atomic E-state index is 0.110. The zero-order chi connectivity index (χ0) is 16.5. The monoisotopic (exact) mass is 311 g/mol. The van der Waals surface area contributed by atoms with Crippen molar-refractivity contribution in [3.05, 3.63) is 65.5 Å². The van der Waals surface area contributed by atoms with E-state index in [4.69, 9.17) is 0 Å². The first kappa shape index (κ1) is 16.7. The van der Waals surface area contributed by atoms with Crippen molar-refractivity contribution in [1.82, 2.24) is 15.6 Å². The molecular formula is C18H21N3O2. The lowest BCUT2D eigenvalue weighted by molar-refractivity contribution is 0.0940. The van der Waals surface area contributed by atoms with Gasteiger partial charge in [0.15, 0.2) is 0 Å². The molecule has 120 valence electrons.